The van der Waals surface area contributed by atoms with Gasteiger partial charge in [-0.3, -0.25) is 9.78 Å². The SMILES string of the molecule is C#CC1CC(=O)N(c2cncc(C(=O)OC)c2)C1. The maximum atomic E-state index is 11.8. The predicted molar refractivity (Wildman–Crippen MR) is 64.9 cm³/mol. The number of hydrogen-bond acceptors (Lipinski definition) is 4. The molecular weight excluding hydrogens is 232 g/mol. The molecule has 1 atom stereocenters. The maximum Gasteiger partial charge on any atom is 0.339 e. The van der Waals surface area contributed by atoms with Crippen LogP contribution in [0.4, 0.5) is 5.69 Å². The molecule has 0 saturated carbocycles. The molecule has 0 aromatic carbocycles. The molecule has 1 aromatic heterocycles. The van der Waals surface area contributed by atoms with Gasteiger partial charge in [0.25, 0.3) is 0 Å². The number of esters is 1. The van der Waals surface area contributed by atoms with Gasteiger partial charge in [0.2, 0.25) is 5.91 Å². The van der Waals surface area contributed by atoms with E-state index in [0.29, 0.717) is 24.2 Å². The van der Waals surface area contributed by atoms with E-state index in [1.54, 1.807) is 11.0 Å². The van der Waals surface area contributed by atoms with Gasteiger partial charge < -0.3 is 9.64 Å². The first kappa shape index (κ1) is 12.1. The van der Waals surface area contributed by atoms with E-state index in [1.807, 2.05) is 0 Å². The molecule has 1 aromatic rings. The molecule has 1 aliphatic heterocycles. The molecule has 1 saturated heterocycles. The van der Waals surface area contributed by atoms with Crippen molar-refractivity contribution in [3.63, 3.8) is 0 Å². The summed E-state index contributed by atoms with van der Waals surface area (Å²) < 4.78 is 4.61. The van der Waals surface area contributed by atoms with Crippen molar-refractivity contribution in [3.8, 4) is 12.3 Å². The Morgan fingerprint density at radius 3 is 3.00 bits per heavy atom. The summed E-state index contributed by atoms with van der Waals surface area (Å²) in [5.41, 5.74) is 0.882. The average Bonchev–Trinajstić information content (AvgIpc) is 2.79. The lowest BCUT2D eigenvalue weighted by atomic mass is 10.1. The first-order valence-electron chi connectivity index (χ1n) is 5.45. The highest BCUT2D eigenvalue weighted by molar-refractivity contribution is 5.97. The van der Waals surface area contributed by atoms with Crippen molar-refractivity contribution in [2.75, 3.05) is 18.6 Å². The number of rotatable bonds is 2. The summed E-state index contributed by atoms with van der Waals surface area (Å²) in [5.74, 6) is 1.95. The Hall–Kier alpha value is -2.35. The Bertz CT molecular complexity index is 533. The smallest absolute Gasteiger partial charge is 0.339 e. The van der Waals surface area contributed by atoms with Crippen LogP contribution in [0.2, 0.25) is 0 Å². The number of carbonyl (C=O) groups excluding carboxylic acids is 2. The van der Waals surface area contributed by atoms with E-state index in [1.165, 1.54) is 19.5 Å². The van der Waals surface area contributed by atoms with E-state index >= 15 is 0 Å². The van der Waals surface area contributed by atoms with Gasteiger partial charge in [0.15, 0.2) is 0 Å². The summed E-state index contributed by atoms with van der Waals surface area (Å²) in [6.45, 7) is 0.460. The number of nitrogens with zero attached hydrogens (tertiary/aromatic N) is 2. The van der Waals surface area contributed by atoms with Crippen LogP contribution in [0.1, 0.15) is 16.8 Å². The number of aromatic nitrogens is 1. The Balaban J connectivity index is 2.27. The minimum atomic E-state index is -0.482. The number of methoxy groups -OCH3 is 1. The lowest BCUT2D eigenvalue weighted by Crippen LogP contribution is -2.24. The lowest BCUT2D eigenvalue weighted by molar-refractivity contribution is -0.117. The molecule has 1 unspecified atom stereocenters. The fraction of sp³-hybridized carbons (Fsp3) is 0.308. The number of amides is 1. The Morgan fingerprint density at radius 1 is 1.61 bits per heavy atom. The van der Waals surface area contributed by atoms with Crippen LogP contribution >= 0.6 is 0 Å². The van der Waals surface area contributed by atoms with E-state index < -0.39 is 5.97 Å². The second-order valence-corrected chi connectivity index (χ2v) is 4.00. The zero-order chi connectivity index (χ0) is 13.1. The van der Waals surface area contributed by atoms with Crippen molar-refractivity contribution < 1.29 is 14.3 Å². The van der Waals surface area contributed by atoms with Crippen LogP contribution in [0, 0.1) is 18.3 Å². The van der Waals surface area contributed by atoms with E-state index in [2.05, 4.69) is 15.6 Å². The van der Waals surface area contributed by atoms with Crippen LogP contribution in [0.5, 0.6) is 0 Å². The summed E-state index contributed by atoms with van der Waals surface area (Å²) >= 11 is 0. The van der Waals surface area contributed by atoms with Crippen LogP contribution < -0.4 is 4.90 Å². The predicted octanol–water partition coefficient (Wildman–Crippen LogP) is 0.854. The monoisotopic (exact) mass is 244 g/mol. The van der Waals surface area contributed by atoms with Crippen molar-refractivity contribution in [2.45, 2.75) is 6.42 Å². The summed E-state index contributed by atoms with van der Waals surface area (Å²) in [6, 6.07) is 1.58. The van der Waals surface area contributed by atoms with Crippen molar-refractivity contribution in [1.82, 2.24) is 4.98 Å². The van der Waals surface area contributed by atoms with Gasteiger partial charge >= 0.3 is 5.97 Å². The Morgan fingerprint density at radius 2 is 2.39 bits per heavy atom. The average molecular weight is 244 g/mol. The number of anilines is 1. The normalized spacial score (nSPS) is 18.6. The van der Waals surface area contributed by atoms with E-state index in [-0.39, 0.29) is 11.8 Å². The minimum Gasteiger partial charge on any atom is -0.465 e. The molecule has 0 spiro atoms. The summed E-state index contributed by atoms with van der Waals surface area (Å²) in [6.07, 6.45) is 8.58. The van der Waals surface area contributed by atoms with Crippen LogP contribution in [0.15, 0.2) is 18.5 Å². The third-order valence-corrected chi connectivity index (χ3v) is 2.82. The van der Waals surface area contributed by atoms with Gasteiger partial charge in [0.05, 0.1) is 24.6 Å². The third kappa shape index (κ3) is 2.18. The van der Waals surface area contributed by atoms with E-state index in [9.17, 15) is 9.59 Å². The second kappa shape index (κ2) is 4.88. The third-order valence-electron chi connectivity index (χ3n) is 2.82. The Kier molecular flexibility index (Phi) is 3.28. The van der Waals surface area contributed by atoms with Crippen molar-refractivity contribution in [2.24, 2.45) is 5.92 Å². The molecule has 92 valence electrons. The fourth-order valence-electron chi connectivity index (χ4n) is 1.87. The molecule has 0 radical (unpaired) electrons. The van der Waals surface area contributed by atoms with Gasteiger partial charge in [-0.25, -0.2) is 4.79 Å². The highest BCUT2D eigenvalue weighted by Crippen LogP contribution is 2.24. The van der Waals surface area contributed by atoms with E-state index in [4.69, 9.17) is 6.42 Å². The first-order valence-corrected chi connectivity index (χ1v) is 5.45. The fourth-order valence-corrected chi connectivity index (χ4v) is 1.87. The van der Waals surface area contributed by atoms with Gasteiger partial charge in [-0.15, -0.1) is 12.3 Å². The van der Waals surface area contributed by atoms with Gasteiger partial charge in [-0.2, -0.15) is 0 Å². The van der Waals surface area contributed by atoms with Crippen LogP contribution in [-0.4, -0.2) is 30.5 Å². The highest BCUT2D eigenvalue weighted by atomic mass is 16.5. The summed E-state index contributed by atoms with van der Waals surface area (Å²) in [5, 5.41) is 0. The molecule has 0 aliphatic carbocycles. The molecule has 18 heavy (non-hydrogen) atoms. The molecule has 2 heterocycles. The van der Waals surface area contributed by atoms with Crippen molar-refractivity contribution >= 4 is 17.6 Å². The molecule has 0 bridgehead atoms. The van der Waals surface area contributed by atoms with E-state index in [0.717, 1.165) is 0 Å². The topological polar surface area (TPSA) is 59.5 Å². The maximum absolute atomic E-state index is 11.8. The summed E-state index contributed by atoms with van der Waals surface area (Å²) in [7, 11) is 1.30. The lowest BCUT2D eigenvalue weighted by Gasteiger charge is -2.15. The van der Waals surface area contributed by atoms with Gasteiger partial charge in [0, 0.05) is 25.1 Å². The molecular formula is C13H12N2O3. The van der Waals surface area contributed by atoms with Crippen LogP contribution in [-0.2, 0) is 9.53 Å². The number of hydrogen-bond donors (Lipinski definition) is 0. The molecule has 2 rings (SSSR count). The Labute approximate surface area is 105 Å². The quantitative estimate of drug-likeness (QED) is 0.571. The molecule has 0 N–H and O–H groups in total. The summed E-state index contributed by atoms with van der Waals surface area (Å²) in [4.78, 5) is 28.6. The van der Waals surface area contributed by atoms with Crippen LogP contribution in [0.25, 0.3) is 0 Å². The van der Waals surface area contributed by atoms with Gasteiger partial charge in [0.1, 0.15) is 0 Å². The number of carbonyl (C=O) groups is 2. The largest absolute Gasteiger partial charge is 0.465 e. The zero-order valence-corrected chi connectivity index (χ0v) is 9.92. The van der Waals surface area contributed by atoms with Crippen LogP contribution in [0.3, 0.4) is 0 Å². The minimum absolute atomic E-state index is 0.0539. The molecule has 1 fully saturated rings. The molecule has 1 amide bonds. The van der Waals surface area contributed by atoms with Gasteiger partial charge in [-0.05, 0) is 6.07 Å². The number of pyridine rings is 1. The number of terminal acetylenes is 1. The molecule has 5 nitrogen and oxygen atoms in total. The van der Waals surface area contributed by atoms with Crippen molar-refractivity contribution in [3.05, 3.63) is 24.0 Å². The zero-order valence-electron chi connectivity index (χ0n) is 9.92. The first-order chi connectivity index (χ1) is 8.65. The molecule has 1 aliphatic rings. The number of ether oxygens (including phenoxy) is 1. The standard InChI is InChI=1S/C13H12N2O3/c1-3-9-4-12(16)15(8-9)11-5-10(6-14-7-11)13(17)18-2/h1,5-7,9H,4,8H2,2H3. The second-order valence-electron chi connectivity index (χ2n) is 4.00. The van der Waals surface area contributed by atoms with Gasteiger partial charge in [-0.1, -0.05) is 0 Å². The van der Waals surface area contributed by atoms with Crippen molar-refractivity contribution in [1.29, 1.82) is 0 Å². The highest BCUT2D eigenvalue weighted by Gasteiger charge is 2.29. The molecule has 5 heteroatoms.